The smallest absolute Gasteiger partial charge is 0.219 e. The first-order chi connectivity index (χ1) is 10.5. The van der Waals surface area contributed by atoms with Crippen molar-refractivity contribution in [1.29, 1.82) is 0 Å². The maximum Gasteiger partial charge on any atom is 0.219 e. The molecule has 1 aromatic carbocycles. The van der Waals surface area contributed by atoms with Gasteiger partial charge in [0.15, 0.2) is 0 Å². The molecule has 0 bridgehead atoms. The molecule has 1 aromatic rings. The number of amides is 1. The number of ether oxygens (including phenoxy) is 1. The van der Waals surface area contributed by atoms with Crippen molar-refractivity contribution in [3.05, 3.63) is 28.8 Å². The number of hydrogen-bond acceptors (Lipinski definition) is 4. The molecule has 2 unspecified atom stereocenters. The first-order valence-corrected chi connectivity index (χ1v) is 7.89. The van der Waals surface area contributed by atoms with Gasteiger partial charge in [0.25, 0.3) is 0 Å². The lowest BCUT2D eigenvalue weighted by Crippen LogP contribution is -2.52. The monoisotopic (exact) mass is 304 g/mol. The summed E-state index contributed by atoms with van der Waals surface area (Å²) in [6.07, 6.45) is -0.530. The van der Waals surface area contributed by atoms with E-state index in [0.717, 1.165) is 43.1 Å². The molecule has 1 amide bonds. The predicted molar refractivity (Wildman–Crippen MR) is 84.0 cm³/mol. The third-order valence-corrected chi connectivity index (χ3v) is 4.72. The Morgan fingerprint density at radius 1 is 1.23 bits per heavy atom. The third kappa shape index (κ3) is 2.71. The molecule has 2 aliphatic heterocycles. The van der Waals surface area contributed by atoms with Crippen LogP contribution in [-0.2, 0) is 4.79 Å². The third-order valence-electron chi connectivity index (χ3n) is 4.72. The maximum absolute atomic E-state index is 11.5. The van der Waals surface area contributed by atoms with Crippen molar-refractivity contribution in [2.75, 3.05) is 32.8 Å². The Hall–Kier alpha value is -1.59. The van der Waals surface area contributed by atoms with Gasteiger partial charge in [-0.15, -0.1) is 0 Å². The number of rotatable bonds is 1. The van der Waals surface area contributed by atoms with Crippen molar-refractivity contribution in [1.82, 2.24) is 9.80 Å². The molecule has 5 heteroatoms. The maximum atomic E-state index is 11.5. The highest BCUT2D eigenvalue weighted by Crippen LogP contribution is 2.39. The summed E-state index contributed by atoms with van der Waals surface area (Å²) in [5.74, 6) is 1.01. The summed E-state index contributed by atoms with van der Waals surface area (Å²) in [5.41, 5.74) is 3.43. The number of aryl methyl sites for hydroxylation is 2. The fourth-order valence-electron chi connectivity index (χ4n) is 3.64. The lowest BCUT2D eigenvalue weighted by atomic mass is 9.91. The van der Waals surface area contributed by atoms with E-state index in [0.29, 0.717) is 6.61 Å². The molecule has 1 fully saturated rings. The molecule has 0 radical (unpaired) electrons. The van der Waals surface area contributed by atoms with Crippen LogP contribution in [0.4, 0.5) is 0 Å². The number of hydrogen-bond donors (Lipinski definition) is 1. The zero-order valence-corrected chi connectivity index (χ0v) is 13.5. The fraction of sp³-hybridized carbons (Fsp3) is 0.588. The van der Waals surface area contributed by atoms with Crippen LogP contribution in [0.15, 0.2) is 12.1 Å². The van der Waals surface area contributed by atoms with Crippen LogP contribution in [0.5, 0.6) is 5.75 Å². The minimum Gasteiger partial charge on any atom is -0.490 e. The molecule has 0 aromatic heterocycles. The van der Waals surface area contributed by atoms with Gasteiger partial charge in [0.2, 0.25) is 5.91 Å². The standard InChI is InChI=1S/C17H24N2O3/c1-11-8-12(2)16-15(9-11)22-10-14(21)17(16)19-6-4-18(5-7-19)13(3)20/h8-9,14,17,21H,4-7,10H2,1-3H3. The van der Waals surface area contributed by atoms with Crippen molar-refractivity contribution in [2.24, 2.45) is 0 Å². The minimum absolute atomic E-state index is 0.0431. The summed E-state index contributed by atoms with van der Waals surface area (Å²) in [4.78, 5) is 15.6. The van der Waals surface area contributed by atoms with Crippen molar-refractivity contribution >= 4 is 5.91 Å². The molecule has 1 saturated heterocycles. The van der Waals surface area contributed by atoms with Gasteiger partial charge in [-0.2, -0.15) is 0 Å². The van der Waals surface area contributed by atoms with Gasteiger partial charge in [-0.3, -0.25) is 9.69 Å². The van der Waals surface area contributed by atoms with E-state index in [1.807, 2.05) is 11.0 Å². The van der Waals surface area contributed by atoms with Gasteiger partial charge in [-0.25, -0.2) is 0 Å². The number of fused-ring (bicyclic) bond motifs is 1. The molecular formula is C17H24N2O3. The van der Waals surface area contributed by atoms with Gasteiger partial charge in [0, 0.05) is 38.7 Å². The Morgan fingerprint density at radius 3 is 2.55 bits per heavy atom. The molecule has 5 nitrogen and oxygen atoms in total. The van der Waals surface area contributed by atoms with E-state index >= 15 is 0 Å². The fourth-order valence-corrected chi connectivity index (χ4v) is 3.64. The van der Waals surface area contributed by atoms with Gasteiger partial charge in [0.05, 0.1) is 6.04 Å². The van der Waals surface area contributed by atoms with Crippen LogP contribution in [0.25, 0.3) is 0 Å². The highest BCUT2D eigenvalue weighted by atomic mass is 16.5. The van der Waals surface area contributed by atoms with Crippen LogP contribution in [0.2, 0.25) is 0 Å². The van der Waals surface area contributed by atoms with Crippen molar-refractivity contribution in [2.45, 2.75) is 32.9 Å². The zero-order valence-electron chi connectivity index (χ0n) is 13.5. The summed E-state index contributed by atoms with van der Waals surface area (Å²) >= 11 is 0. The lowest BCUT2D eigenvalue weighted by Gasteiger charge is -2.43. The Balaban J connectivity index is 1.87. The Kier molecular flexibility index (Phi) is 4.10. The van der Waals surface area contributed by atoms with Crippen LogP contribution in [0.1, 0.15) is 29.7 Å². The van der Waals surface area contributed by atoms with Gasteiger partial charge in [-0.05, 0) is 31.0 Å². The van der Waals surface area contributed by atoms with Crippen molar-refractivity contribution in [3.8, 4) is 5.75 Å². The van der Waals surface area contributed by atoms with Crippen LogP contribution in [-0.4, -0.2) is 59.7 Å². The molecule has 0 aliphatic carbocycles. The number of aliphatic hydroxyl groups excluding tert-OH is 1. The molecule has 22 heavy (non-hydrogen) atoms. The summed E-state index contributed by atoms with van der Waals surface area (Å²) < 4.78 is 5.74. The molecule has 0 saturated carbocycles. The van der Waals surface area contributed by atoms with Gasteiger partial charge in [-0.1, -0.05) is 6.07 Å². The second kappa shape index (κ2) is 5.89. The van der Waals surface area contributed by atoms with E-state index in [9.17, 15) is 9.90 Å². The zero-order chi connectivity index (χ0) is 15.9. The predicted octanol–water partition coefficient (Wildman–Crippen LogP) is 1.26. The number of carbonyl (C=O) groups is 1. The second-order valence-corrected chi connectivity index (χ2v) is 6.36. The van der Waals surface area contributed by atoms with Crippen LogP contribution < -0.4 is 4.74 Å². The van der Waals surface area contributed by atoms with E-state index < -0.39 is 6.10 Å². The highest BCUT2D eigenvalue weighted by Gasteiger charge is 2.37. The SMILES string of the molecule is CC(=O)N1CCN(C2c3c(C)cc(C)cc3OCC2O)CC1. The summed E-state index contributed by atoms with van der Waals surface area (Å²) in [6, 6.07) is 4.14. The average Bonchev–Trinajstić information content (AvgIpc) is 2.48. The van der Waals surface area contributed by atoms with E-state index in [1.54, 1.807) is 6.92 Å². The van der Waals surface area contributed by atoms with Crippen molar-refractivity contribution < 1.29 is 14.6 Å². The number of nitrogens with zero attached hydrogens (tertiary/aromatic N) is 2. The van der Waals surface area contributed by atoms with Crippen molar-refractivity contribution in [3.63, 3.8) is 0 Å². The Morgan fingerprint density at radius 2 is 1.91 bits per heavy atom. The summed E-state index contributed by atoms with van der Waals surface area (Å²) in [5, 5.41) is 10.5. The molecular weight excluding hydrogens is 280 g/mol. The van der Waals surface area contributed by atoms with Crippen LogP contribution in [0, 0.1) is 13.8 Å². The topological polar surface area (TPSA) is 53.0 Å². The Labute approximate surface area is 131 Å². The van der Waals surface area contributed by atoms with Gasteiger partial charge in [0.1, 0.15) is 18.5 Å². The van der Waals surface area contributed by atoms with Gasteiger partial charge >= 0.3 is 0 Å². The molecule has 0 spiro atoms. The minimum atomic E-state index is -0.530. The van der Waals surface area contributed by atoms with Crippen LogP contribution in [0.3, 0.4) is 0 Å². The number of benzene rings is 1. The number of piperazine rings is 1. The van der Waals surface area contributed by atoms with E-state index in [2.05, 4.69) is 24.8 Å². The van der Waals surface area contributed by atoms with E-state index in [1.165, 1.54) is 5.56 Å². The summed E-state index contributed by atoms with van der Waals surface area (Å²) in [7, 11) is 0. The number of aliphatic hydroxyl groups is 1. The molecule has 2 heterocycles. The molecule has 3 rings (SSSR count). The van der Waals surface area contributed by atoms with E-state index in [-0.39, 0.29) is 11.9 Å². The Bertz CT molecular complexity index is 580. The molecule has 2 aliphatic rings. The van der Waals surface area contributed by atoms with Gasteiger partial charge < -0.3 is 14.7 Å². The lowest BCUT2D eigenvalue weighted by molar-refractivity contribution is -0.131. The highest BCUT2D eigenvalue weighted by molar-refractivity contribution is 5.73. The molecule has 2 atom stereocenters. The first-order valence-electron chi connectivity index (χ1n) is 7.89. The normalized spacial score (nSPS) is 25.5. The molecule has 1 N–H and O–H groups in total. The average molecular weight is 304 g/mol. The van der Waals surface area contributed by atoms with E-state index in [4.69, 9.17) is 4.74 Å². The number of carbonyl (C=O) groups excluding carboxylic acids is 1. The molecule has 120 valence electrons. The van der Waals surface area contributed by atoms with Crippen LogP contribution >= 0.6 is 0 Å². The summed E-state index contributed by atoms with van der Waals surface area (Å²) in [6.45, 7) is 9.09. The quantitative estimate of drug-likeness (QED) is 0.849. The second-order valence-electron chi connectivity index (χ2n) is 6.36. The largest absolute Gasteiger partial charge is 0.490 e. The first kappa shape index (κ1) is 15.3.